The summed E-state index contributed by atoms with van der Waals surface area (Å²) < 4.78 is 6.82. The van der Waals surface area contributed by atoms with Crippen molar-refractivity contribution >= 4 is 5.57 Å². The van der Waals surface area contributed by atoms with Gasteiger partial charge in [0.25, 0.3) is 0 Å². The summed E-state index contributed by atoms with van der Waals surface area (Å²) in [5, 5.41) is 0. The molecule has 7 aliphatic carbocycles. The molecule has 8 atom stereocenters. The van der Waals surface area contributed by atoms with E-state index < -0.39 is 0 Å². The standard InChI is InChI=1S/C42H52O/c1-2-12-28-25-30(24-23-27(28)11-1)29-13-9-14-31(26-29)40-33-16-3-5-18-35(33)41(36-19-6-4-17-34(36)40)38-21-10-20-37-32-15-7-8-22-39(32)43-42(37)38/h7-8,10,15,20-23,28-33,35,39H,1-6,9,11-14,16-19,24-26H2. The predicted octanol–water partition coefficient (Wildman–Crippen LogP) is 11.4. The first kappa shape index (κ1) is 27.1. The fraction of sp³-hybridized carbons (Fsp3) is 0.619. The van der Waals surface area contributed by atoms with Crippen LogP contribution in [0, 0.1) is 35.5 Å². The summed E-state index contributed by atoms with van der Waals surface area (Å²) in [4.78, 5) is 0. The zero-order chi connectivity index (χ0) is 28.3. The molecule has 0 spiro atoms. The van der Waals surface area contributed by atoms with Gasteiger partial charge in [0.15, 0.2) is 0 Å². The molecular formula is C42H52O. The van der Waals surface area contributed by atoms with E-state index in [9.17, 15) is 0 Å². The minimum Gasteiger partial charge on any atom is -0.484 e. The minimum atomic E-state index is 0.174. The lowest BCUT2D eigenvalue weighted by Gasteiger charge is -2.48. The molecule has 0 amide bonds. The van der Waals surface area contributed by atoms with Crippen molar-refractivity contribution in [3.63, 3.8) is 0 Å². The summed E-state index contributed by atoms with van der Waals surface area (Å²) in [6.07, 6.45) is 37.6. The van der Waals surface area contributed by atoms with Crippen molar-refractivity contribution in [1.29, 1.82) is 0 Å². The monoisotopic (exact) mass is 572 g/mol. The molecule has 4 fully saturated rings. The van der Waals surface area contributed by atoms with E-state index >= 15 is 0 Å². The van der Waals surface area contributed by atoms with Crippen LogP contribution in [-0.4, -0.2) is 6.10 Å². The van der Waals surface area contributed by atoms with E-state index in [-0.39, 0.29) is 6.10 Å². The molecule has 4 saturated carbocycles. The van der Waals surface area contributed by atoms with Crippen LogP contribution in [0.3, 0.4) is 0 Å². The largest absolute Gasteiger partial charge is 0.484 e. The highest BCUT2D eigenvalue weighted by Gasteiger charge is 2.45. The molecule has 1 heteroatoms. The SMILES string of the molecule is C1=CC2Oc3c(C4=C5CCCCC5=C(C5CCCC(C6CC=C7CCCCC7C6)C5)C5CCCCC45)cccc3C2C=C1. The maximum atomic E-state index is 6.82. The molecule has 0 bridgehead atoms. The number of benzene rings is 1. The maximum absolute atomic E-state index is 6.82. The van der Waals surface area contributed by atoms with Crippen LogP contribution < -0.4 is 4.74 Å². The van der Waals surface area contributed by atoms with E-state index in [0.717, 1.165) is 29.6 Å². The molecule has 0 saturated heterocycles. The Bertz CT molecular complexity index is 1410. The Kier molecular flexibility index (Phi) is 7.09. The van der Waals surface area contributed by atoms with E-state index in [4.69, 9.17) is 4.74 Å². The highest BCUT2D eigenvalue weighted by Crippen LogP contribution is 2.59. The number of hydrogen-bond donors (Lipinski definition) is 0. The molecule has 1 nitrogen and oxygen atoms in total. The summed E-state index contributed by atoms with van der Waals surface area (Å²) in [6.45, 7) is 0. The van der Waals surface area contributed by atoms with Crippen LogP contribution in [0.1, 0.15) is 133 Å². The molecule has 1 aliphatic heterocycles. The van der Waals surface area contributed by atoms with Gasteiger partial charge in [0.05, 0.1) is 0 Å². The van der Waals surface area contributed by atoms with Crippen molar-refractivity contribution in [3.8, 4) is 5.75 Å². The molecule has 1 aromatic rings. The van der Waals surface area contributed by atoms with Gasteiger partial charge in [-0.3, -0.25) is 0 Å². The van der Waals surface area contributed by atoms with Crippen LogP contribution in [0.4, 0.5) is 0 Å². The average molecular weight is 573 g/mol. The Morgan fingerprint density at radius 3 is 2.40 bits per heavy atom. The fourth-order valence-corrected chi connectivity index (χ4v) is 11.7. The van der Waals surface area contributed by atoms with Gasteiger partial charge < -0.3 is 4.74 Å². The van der Waals surface area contributed by atoms with Gasteiger partial charge in [-0.15, -0.1) is 0 Å². The summed E-state index contributed by atoms with van der Waals surface area (Å²) >= 11 is 0. The van der Waals surface area contributed by atoms with Crippen LogP contribution in [0.15, 0.2) is 70.9 Å². The fourth-order valence-electron chi connectivity index (χ4n) is 11.7. The van der Waals surface area contributed by atoms with E-state index in [1.165, 1.54) is 132 Å². The minimum absolute atomic E-state index is 0.174. The molecule has 1 aromatic carbocycles. The Morgan fingerprint density at radius 2 is 1.44 bits per heavy atom. The lowest BCUT2D eigenvalue weighted by atomic mass is 9.57. The van der Waals surface area contributed by atoms with Crippen molar-refractivity contribution in [1.82, 2.24) is 0 Å². The van der Waals surface area contributed by atoms with Crippen molar-refractivity contribution in [2.75, 3.05) is 0 Å². The second kappa shape index (κ2) is 11.3. The third kappa shape index (κ3) is 4.61. The second-order valence-corrected chi connectivity index (χ2v) is 15.7. The average Bonchev–Trinajstić information content (AvgIpc) is 3.46. The van der Waals surface area contributed by atoms with E-state index in [2.05, 4.69) is 48.6 Å². The van der Waals surface area contributed by atoms with Gasteiger partial charge in [0.2, 0.25) is 0 Å². The van der Waals surface area contributed by atoms with Gasteiger partial charge in [0, 0.05) is 17.0 Å². The van der Waals surface area contributed by atoms with Crippen molar-refractivity contribution in [3.05, 3.63) is 82.0 Å². The van der Waals surface area contributed by atoms with Gasteiger partial charge >= 0.3 is 0 Å². The lowest BCUT2D eigenvalue weighted by Crippen LogP contribution is -2.35. The molecule has 8 aliphatic rings. The van der Waals surface area contributed by atoms with Gasteiger partial charge in [-0.25, -0.2) is 0 Å². The molecule has 9 rings (SSSR count). The molecule has 0 aromatic heterocycles. The topological polar surface area (TPSA) is 9.23 Å². The third-order valence-corrected chi connectivity index (χ3v) is 13.6. The number of fused-ring (bicyclic) bond motifs is 6. The summed E-state index contributed by atoms with van der Waals surface area (Å²) in [7, 11) is 0. The van der Waals surface area contributed by atoms with Crippen LogP contribution in [0.25, 0.3) is 5.57 Å². The highest BCUT2D eigenvalue weighted by molar-refractivity contribution is 5.82. The van der Waals surface area contributed by atoms with E-state index in [0.29, 0.717) is 11.8 Å². The number of para-hydroxylation sites is 1. The van der Waals surface area contributed by atoms with Crippen molar-refractivity contribution < 1.29 is 4.74 Å². The first-order chi connectivity index (χ1) is 21.3. The molecular weight excluding hydrogens is 520 g/mol. The summed E-state index contributed by atoms with van der Waals surface area (Å²) in [5.74, 6) is 6.78. The Labute approximate surface area is 260 Å². The Hall–Kier alpha value is -2.28. The highest BCUT2D eigenvalue weighted by atomic mass is 16.5. The maximum Gasteiger partial charge on any atom is 0.131 e. The normalized spacial score (nSPS) is 38.4. The molecule has 43 heavy (non-hydrogen) atoms. The molecule has 1 heterocycles. The predicted molar refractivity (Wildman–Crippen MR) is 178 cm³/mol. The van der Waals surface area contributed by atoms with Crippen molar-refractivity contribution in [2.24, 2.45) is 35.5 Å². The number of hydrogen-bond acceptors (Lipinski definition) is 1. The third-order valence-electron chi connectivity index (χ3n) is 13.6. The van der Waals surface area contributed by atoms with Gasteiger partial charge in [-0.1, -0.05) is 85.8 Å². The smallest absolute Gasteiger partial charge is 0.131 e. The molecule has 0 N–H and O–H groups in total. The van der Waals surface area contributed by atoms with Crippen LogP contribution in [-0.2, 0) is 0 Å². The summed E-state index contributed by atoms with van der Waals surface area (Å²) in [6, 6.07) is 7.14. The number of allylic oxidation sites excluding steroid dienone is 8. The Morgan fingerprint density at radius 1 is 0.651 bits per heavy atom. The molecule has 226 valence electrons. The van der Waals surface area contributed by atoms with Crippen LogP contribution in [0.5, 0.6) is 5.75 Å². The van der Waals surface area contributed by atoms with Gasteiger partial charge in [0.1, 0.15) is 11.9 Å². The van der Waals surface area contributed by atoms with Crippen molar-refractivity contribution in [2.45, 2.75) is 128 Å². The number of rotatable bonds is 3. The van der Waals surface area contributed by atoms with E-state index in [1.807, 2.05) is 16.7 Å². The van der Waals surface area contributed by atoms with Gasteiger partial charge in [-0.2, -0.15) is 0 Å². The Balaban J connectivity index is 1.09. The molecule has 0 radical (unpaired) electrons. The number of ether oxygens (including phenoxy) is 1. The summed E-state index contributed by atoms with van der Waals surface area (Å²) in [5.41, 5.74) is 12.1. The van der Waals surface area contributed by atoms with Crippen LogP contribution in [0.2, 0.25) is 0 Å². The molecule has 8 unspecified atom stereocenters. The van der Waals surface area contributed by atoms with E-state index in [1.54, 1.807) is 11.1 Å². The second-order valence-electron chi connectivity index (χ2n) is 15.7. The lowest BCUT2D eigenvalue weighted by molar-refractivity contribution is 0.163. The zero-order valence-corrected chi connectivity index (χ0v) is 26.4. The first-order valence-electron chi connectivity index (χ1n) is 18.6. The van der Waals surface area contributed by atoms with Gasteiger partial charge in [-0.05, 0) is 142 Å². The zero-order valence-electron chi connectivity index (χ0n) is 26.4. The first-order valence-corrected chi connectivity index (χ1v) is 18.6. The van der Waals surface area contributed by atoms with Crippen LogP contribution >= 0.6 is 0 Å². The quantitative estimate of drug-likeness (QED) is 0.327.